The number of hydrogen-bond donors (Lipinski definition) is 0. The molecule has 0 aliphatic rings. The Morgan fingerprint density at radius 1 is 0.966 bits per heavy atom. The lowest BCUT2D eigenvalue weighted by atomic mass is 10.1. The molecule has 29 heavy (non-hydrogen) atoms. The van der Waals surface area contributed by atoms with E-state index in [-0.39, 0.29) is 5.82 Å². The Labute approximate surface area is 166 Å². The molecule has 0 aliphatic heterocycles. The van der Waals surface area contributed by atoms with Gasteiger partial charge < -0.3 is 4.74 Å². The highest BCUT2D eigenvalue weighted by Gasteiger charge is 2.30. The van der Waals surface area contributed by atoms with Crippen molar-refractivity contribution in [3.8, 4) is 17.3 Å². The summed E-state index contributed by atoms with van der Waals surface area (Å²) in [7, 11) is 0. The predicted molar refractivity (Wildman–Crippen MR) is 102 cm³/mol. The van der Waals surface area contributed by atoms with Crippen molar-refractivity contribution in [2.75, 3.05) is 6.61 Å². The van der Waals surface area contributed by atoms with E-state index >= 15 is 0 Å². The fourth-order valence-corrected chi connectivity index (χ4v) is 2.80. The minimum Gasteiger partial charge on any atom is -0.377 e. The van der Waals surface area contributed by atoms with Crippen LogP contribution < -0.4 is 0 Å². The van der Waals surface area contributed by atoms with Crippen LogP contribution in [0, 0.1) is 11.3 Å². The van der Waals surface area contributed by atoms with Gasteiger partial charge in [-0.3, -0.25) is 0 Å². The van der Waals surface area contributed by atoms with E-state index in [9.17, 15) is 18.4 Å². The molecule has 0 saturated carbocycles. The van der Waals surface area contributed by atoms with Gasteiger partial charge in [0.15, 0.2) is 0 Å². The van der Waals surface area contributed by atoms with E-state index in [0.29, 0.717) is 43.0 Å². The summed E-state index contributed by atoms with van der Waals surface area (Å²) >= 11 is 0. The smallest absolute Gasteiger partial charge is 0.377 e. The molecule has 1 heterocycles. The van der Waals surface area contributed by atoms with Crippen molar-refractivity contribution in [1.82, 2.24) is 9.97 Å². The van der Waals surface area contributed by atoms with Gasteiger partial charge in [-0.25, -0.2) is 9.97 Å². The van der Waals surface area contributed by atoms with Crippen LogP contribution in [0.4, 0.5) is 13.2 Å². The zero-order valence-corrected chi connectivity index (χ0v) is 15.5. The van der Waals surface area contributed by atoms with Crippen molar-refractivity contribution in [3.05, 3.63) is 83.3 Å². The third-order valence-electron chi connectivity index (χ3n) is 4.20. The summed E-state index contributed by atoms with van der Waals surface area (Å²) in [5, 5.41) is 9.17. The van der Waals surface area contributed by atoms with Crippen LogP contribution in [0.15, 0.2) is 60.7 Å². The first-order chi connectivity index (χ1) is 14.0. The molecular formula is C22H18F3N3O. The highest BCUT2D eigenvalue weighted by molar-refractivity contribution is 5.61. The van der Waals surface area contributed by atoms with Crippen LogP contribution >= 0.6 is 0 Å². The molecule has 0 unspecified atom stereocenters. The molecule has 0 fully saturated rings. The van der Waals surface area contributed by atoms with Gasteiger partial charge in [-0.15, -0.1) is 0 Å². The normalized spacial score (nSPS) is 11.2. The molecule has 0 spiro atoms. The van der Waals surface area contributed by atoms with Crippen molar-refractivity contribution in [2.24, 2.45) is 0 Å². The van der Waals surface area contributed by atoms with E-state index in [1.807, 2.05) is 36.4 Å². The lowest BCUT2D eigenvalue weighted by Crippen LogP contribution is -2.05. The predicted octanol–water partition coefficient (Wildman–Crippen LogP) is 5.18. The van der Waals surface area contributed by atoms with Gasteiger partial charge in [0.2, 0.25) is 5.82 Å². The van der Waals surface area contributed by atoms with Gasteiger partial charge in [-0.2, -0.15) is 18.4 Å². The fraction of sp³-hybridized carbons (Fsp3) is 0.227. The highest BCUT2D eigenvalue weighted by atomic mass is 19.4. The third kappa shape index (κ3) is 5.87. The van der Waals surface area contributed by atoms with Gasteiger partial charge in [0.25, 0.3) is 0 Å². The first-order valence-corrected chi connectivity index (χ1v) is 9.03. The van der Waals surface area contributed by atoms with Gasteiger partial charge >= 0.3 is 6.18 Å². The van der Waals surface area contributed by atoms with E-state index in [0.717, 1.165) is 17.7 Å². The summed E-state index contributed by atoms with van der Waals surface area (Å²) in [6.07, 6.45) is -3.26. The molecule has 7 heteroatoms. The number of aromatic nitrogens is 2. The molecule has 148 valence electrons. The number of nitrogens with zero attached hydrogens (tertiary/aromatic N) is 3. The van der Waals surface area contributed by atoms with Gasteiger partial charge in [0.1, 0.15) is 6.07 Å². The van der Waals surface area contributed by atoms with Gasteiger partial charge in [0, 0.05) is 17.9 Å². The summed E-state index contributed by atoms with van der Waals surface area (Å²) < 4.78 is 44.5. The standard InChI is InChI=1S/C22H18F3N3O/c23-22(24,25)18-9-4-8-17(12-18)20-13-19(27-21(14-26)28-20)10-5-11-29-15-16-6-2-1-3-7-16/h1-4,6-9,12-13H,5,10-11,15H2. The topological polar surface area (TPSA) is 58.8 Å². The van der Waals surface area contributed by atoms with Crippen molar-refractivity contribution in [2.45, 2.75) is 25.6 Å². The molecule has 0 amide bonds. The number of benzene rings is 2. The van der Waals surface area contributed by atoms with E-state index < -0.39 is 11.7 Å². The Morgan fingerprint density at radius 3 is 2.48 bits per heavy atom. The third-order valence-corrected chi connectivity index (χ3v) is 4.20. The largest absolute Gasteiger partial charge is 0.416 e. The van der Waals surface area contributed by atoms with E-state index in [2.05, 4.69) is 9.97 Å². The summed E-state index contributed by atoms with van der Waals surface area (Å²) in [6.45, 7) is 1.00. The Kier molecular flexibility index (Phi) is 6.57. The Bertz CT molecular complexity index is 998. The highest BCUT2D eigenvalue weighted by Crippen LogP contribution is 2.31. The number of halogens is 3. The molecule has 0 aliphatic carbocycles. The Morgan fingerprint density at radius 2 is 1.76 bits per heavy atom. The molecule has 3 rings (SSSR count). The average molecular weight is 397 g/mol. The number of rotatable bonds is 7. The molecule has 2 aromatic carbocycles. The Balaban J connectivity index is 1.67. The molecule has 0 bridgehead atoms. The molecule has 1 aromatic heterocycles. The van der Waals surface area contributed by atoms with Crippen LogP contribution in [-0.2, 0) is 23.9 Å². The van der Waals surface area contributed by atoms with Crippen LogP contribution in [0.25, 0.3) is 11.3 Å². The van der Waals surface area contributed by atoms with E-state index in [1.165, 1.54) is 12.1 Å². The first kappa shape index (κ1) is 20.5. The minimum atomic E-state index is -4.44. The van der Waals surface area contributed by atoms with E-state index in [1.54, 1.807) is 6.07 Å². The lowest BCUT2D eigenvalue weighted by Gasteiger charge is -2.10. The van der Waals surface area contributed by atoms with Crippen molar-refractivity contribution < 1.29 is 17.9 Å². The maximum absolute atomic E-state index is 13.0. The average Bonchev–Trinajstić information content (AvgIpc) is 2.73. The molecule has 4 nitrogen and oxygen atoms in total. The van der Waals surface area contributed by atoms with Gasteiger partial charge in [-0.1, -0.05) is 42.5 Å². The molecule has 3 aromatic rings. The van der Waals surface area contributed by atoms with Crippen LogP contribution in [-0.4, -0.2) is 16.6 Å². The summed E-state index contributed by atoms with van der Waals surface area (Å²) in [5.74, 6) is -0.0693. The monoisotopic (exact) mass is 397 g/mol. The van der Waals surface area contributed by atoms with Crippen LogP contribution in [0.3, 0.4) is 0 Å². The summed E-state index contributed by atoms with van der Waals surface area (Å²) in [5.41, 5.74) is 1.49. The van der Waals surface area contributed by atoms with Gasteiger partial charge in [0.05, 0.1) is 17.9 Å². The maximum Gasteiger partial charge on any atom is 0.416 e. The van der Waals surface area contributed by atoms with Gasteiger partial charge in [-0.05, 0) is 36.6 Å². The molecule has 0 radical (unpaired) electrons. The summed E-state index contributed by atoms with van der Waals surface area (Å²) in [4.78, 5) is 8.21. The number of ether oxygens (including phenoxy) is 1. The zero-order valence-electron chi connectivity index (χ0n) is 15.5. The lowest BCUT2D eigenvalue weighted by molar-refractivity contribution is -0.137. The molecule has 0 N–H and O–H groups in total. The first-order valence-electron chi connectivity index (χ1n) is 9.03. The van der Waals surface area contributed by atoms with Crippen LogP contribution in [0.2, 0.25) is 0 Å². The number of hydrogen-bond acceptors (Lipinski definition) is 4. The zero-order chi connectivity index (χ0) is 20.7. The van der Waals surface area contributed by atoms with E-state index in [4.69, 9.17) is 4.74 Å². The number of aryl methyl sites for hydroxylation is 1. The number of nitriles is 1. The van der Waals surface area contributed by atoms with Crippen molar-refractivity contribution in [1.29, 1.82) is 5.26 Å². The van der Waals surface area contributed by atoms with Crippen molar-refractivity contribution >= 4 is 0 Å². The maximum atomic E-state index is 13.0. The van der Waals surface area contributed by atoms with Crippen LogP contribution in [0.5, 0.6) is 0 Å². The SMILES string of the molecule is N#Cc1nc(CCCOCc2ccccc2)cc(-c2cccc(C(F)(F)F)c2)n1. The minimum absolute atomic E-state index is 0.0693. The quantitative estimate of drug-likeness (QED) is 0.515. The summed E-state index contributed by atoms with van der Waals surface area (Å²) in [6, 6.07) is 18.1. The molecular weight excluding hydrogens is 379 g/mol. The van der Waals surface area contributed by atoms with Crippen molar-refractivity contribution in [3.63, 3.8) is 0 Å². The molecule has 0 atom stereocenters. The second-order valence-corrected chi connectivity index (χ2v) is 6.40. The van der Waals surface area contributed by atoms with Crippen LogP contribution in [0.1, 0.15) is 29.1 Å². The second-order valence-electron chi connectivity index (χ2n) is 6.40. The molecule has 0 saturated heterocycles. The Hall–Kier alpha value is -3.24. The number of alkyl halides is 3. The fourth-order valence-electron chi connectivity index (χ4n) is 2.80. The second kappa shape index (κ2) is 9.30.